The lowest BCUT2D eigenvalue weighted by molar-refractivity contribution is -0.150. The Hall–Kier alpha value is -1.86. The summed E-state index contributed by atoms with van der Waals surface area (Å²) in [6.07, 6.45) is 7.45. The van der Waals surface area contributed by atoms with Crippen molar-refractivity contribution in [3.63, 3.8) is 0 Å². The number of esters is 1. The van der Waals surface area contributed by atoms with Crippen molar-refractivity contribution in [1.29, 1.82) is 0 Å². The first kappa shape index (κ1) is 24.8. The lowest BCUT2D eigenvalue weighted by Gasteiger charge is -2.47. The SMILES string of the molecule is CC1CC2C(CCC3=CC(=O)C=CC3(C)CF)CC(O)CC2(C)C1C(=O)COC(=O)CN. The number of hydrogen-bond donors (Lipinski definition) is 2. The second-order valence-electron chi connectivity index (χ2n) is 10.5. The number of aliphatic hydroxyl groups excluding tert-OH is 1. The van der Waals surface area contributed by atoms with Crippen molar-refractivity contribution in [2.45, 2.75) is 59.0 Å². The van der Waals surface area contributed by atoms with Crippen molar-refractivity contribution in [1.82, 2.24) is 0 Å². The Kier molecular flexibility index (Phi) is 7.40. The summed E-state index contributed by atoms with van der Waals surface area (Å²) in [5.41, 5.74) is 4.90. The minimum Gasteiger partial charge on any atom is -0.457 e. The number of ether oxygens (including phenoxy) is 1. The first-order valence-corrected chi connectivity index (χ1v) is 11.6. The van der Waals surface area contributed by atoms with Gasteiger partial charge in [-0.3, -0.25) is 14.4 Å². The van der Waals surface area contributed by atoms with E-state index in [0.29, 0.717) is 19.3 Å². The third kappa shape index (κ3) is 4.74. The molecule has 0 saturated heterocycles. The van der Waals surface area contributed by atoms with Crippen molar-refractivity contribution < 1.29 is 28.6 Å². The number of alkyl halides is 1. The quantitative estimate of drug-likeness (QED) is 0.552. The normalized spacial score (nSPS) is 38.9. The predicted molar refractivity (Wildman–Crippen MR) is 118 cm³/mol. The number of fused-ring (bicyclic) bond motifs is 1. The number of ketones is 2. The van der Waals surface area contributed by atoms with Gasteiger partial charge in [0.2, 0.25) is 0 Å². The summed E-state index contributed by atoms with van der Waals surface area (Å²) < 4.78 is 18.8. The number of rotatable bonds is 8. The fourth-order valence-corrected chi connectivity index (χ4v) is 6.69. The summed E-state index contributed by atoms with van der Waals surface area (Å²) in [6.45, 7) is 4.81. The second kappa shape index (κ2) is 9.56. The van der Waals surface area contributed by atoms with Crippen LogP contribution in [0.5, 0.6) is 0 Å². The van der Waals surface area contributed by atoms with E-state index < -0.39 is 29.6 Å². The Bertz CT molecular complexity index is 823. The van der Waals surface area contributed by atoms with Crippen LogP contribution in [0.3, 0.4) is 0 Å². The van der Waals surface area contributed by atoms with Crippen molar-refractivity contribution in [3.8, 4) is 0 Å². The van der Waals surface area contributed by atoms with E-state index in [2.05, 4.69) is 6.92 Å². The van der Waals surface area contributed by atoms with E-state index in [0.717, 1.165) is 18.4 Å². The standard InChI is InChI=1S/C25H36FNO5/c1-15-8-20-16(4-5-17-10-18(28)6-7-24(17,2)14-26)9-19(29)11-25(20,3)23(15)21(30)13-32-22(31)12-27/h6-7,10,15-16,19-20,23,29H,4-5,8-9,11-14,27H2,1-3H3. The molecule has 0 spiro atoms. The Morgan fingerprint density at radius 1 is 1.31 bits per heavy atom. The number of Topliss-reactive ketones (excluding diaryl/α,β-unsaturated/α-hetero) is 1. The van der Waals surface area contributed by atoms with Gasteiger partial charge in [-0.15, -0.1) is 0 Å². The minimum atomic E-state index is -0.765. The smallest absolute Gasteiger partial charge is 0.320 e. The molecule has 178 valence electrons. The van der Waals surface area contributed by atoms with Gasteiger partial charge in [0, 0.05) is 11.3 Å². The van der Waals surface area contributed by atoms with Crippen molar-refractivity contribution in [3.05, 3.63) is 23.8 Å². The van der Waals surface area contributed by atoms with Gasteiger partial charge in [-0.05, 0) is 74.3 Å². The van der Waals surface area contributed by atoms with Gasteiger partial charge in [-0.1, -0.05) is 25.5 Å². The maximum absolute atomic E-state index is 13.8. The summed E-state index contributed by atoms with van der Waals surface area (Å²) in [6, 6.07) is 0. The average Bonchev–Trinajstić information content (AvgIpc) is 3.01. The molecule has 3 aliphatic rings. The molecule has 0 heterocycles. The molecule has 7 unspecified atom stereocenters. The minimum absolute atomic E-state index is 0.108. The van der Waals surface area contributed by atoms with Crippen LogP contribution in [0.4, 0.5) is 4.39 Å². The zero-order chi connectivity index (χ0) is 23.7. The number of aliphatic hydroxyl groups is 1. The maximum Gasteiger partial charge on any atom is 0.320 e. The Morgan fingerprint density at radius 3 is 2.69 bits per heavy atom. The van der Waals surface area contributed by atoms with Crippen LogP contribution in [0, 0.1) is 34.5 Å². The molecule has 3 aliphatic carbocycles. The number of halogens is 1. The first-order chi connectivity index (χ1) is 15.0. The Labute approximate surface area is 189 Å². The summed E-state index contributed by atoms with van der Waals surface area (Å²) in [5, 5.41) is 10.7. The summed E-state index contributed by atoms with van der Waals surface area (Å²) in [4.78, 5) is 36.3. The highest BCUT2D eigenvalue weighted by atomic mass is 19.1. The lowest BCUT2D eigenvalue weighted by Crippen LogP contribution is -2.46. The molecule has 6 nitrogen and oxygen atoms in total. The molecule has 2 saturated carbocycles. The fourth-order valence-electron chi connectivity index (χ4n) is 6.69. The number of nitrogens with two attached hydrogens (primary N) is 1. The molecule has 0 aliphatic heterocycles. The van der Waals surface area contributed by atoms with Crippen LogP contribution in [-0.2, 0) is 19.1 Å². The van der Waals surface area contributed by atoms with E-state index in [-0.39, 0.29) is 48.4 Å². The van der Waals surface area contributed by atoms with Gasteiger partial charge in [0.15, 0.2) is 11.6 Å². The van der Waals surface area contributed by atoms with Gasteiger partial charge in [0.1, 0.15) is 13.3 Å². The predicted octanol–water partition coefficient (Wildman–Crippen LogP) is 2.93. The molecular weight excluding hydrogens is 413 g/mol. The van der Waals surface area contributed by atoms with Crippen LogP contribution >= 0.6 is 0 Å². The van der Waals surface area contributed by atoms with E-state index >= 15 is 0 Å². The molecule has 7 atom stereocenters. The molecule has 0 amide bonds. The number of carbonyl (C=O) groups excluding carboxylic acids is 3. The molecule has 0 radical (unpaired) electrons. The van der Waals surface area contributed by atoms with Gasteiger partial charge in [0.05, 0.1) is 12.6 Å². The third-order valence-electron chi connectivity index (χ3n) is 8.19. The molecule has 0 aromatic heterocycles. The molecule has 7 heteroatoms. The average molecular weight is 450 g/mol. The largest absolute Gasteiger partial charge is 0.457 e. The zero-order valence-corrected chi connectivity index (χ0v) is 19.3. The van der Waals surface area contributed by atoms with E-state index in [1.54, 1.807) is 19.1 Å². The Balaban J connectivity index is 1.75. The third-order valence-corrected chi connectivity index (χ3v) is 8.19. The zero-order valence-electron chi connectivity index (χ0n) is 19.3. The van der Waals surface area contributed by atoms with Crippen LogP contribution in [0.25, 0.3) is 0 Å². The molecule has 2 fully saturated rings. The van der Waals surface area contributed by atoms with Crippen molar-refractivity contribution >= 4 is 17.5 Å². The molecule has 3 rings (SSSR count). The molecule has 0 aromatic carbocycles. The lowest BCUT2D eigenvalue weighted by atomic mass is 9.58. The molecule has 32 heavy (non-hydrogen) atoms. The molecule has 0 aromatic rings. The van der Waals surface area contributed by atoms with E-state index in [9.17, 15) is 23.9 Å². The highest BCUT2D eigenvalue weighted by Gasteiger charge is 2.58. The van der Waals surface area contributed by atoms with Gasteiger partial charge in [0.25, 0.3) is 0 Å². The second-order valence-corrected chi connectivity index (χ2v) is 10.5. The van der Waals surface area contributed by atoms with Crippen LogP contribution < -0.4 is 5.73 Å². The fraction of sp³-hybridized carbons (Fsp3) is 0.720. The summed E-state index contributed by atoms with van der Waals surface area (Å²) >= 11 is 0. The van der Waals surface area contributed by atoms with Gasteiger partial charge >= 0.3 is 5.97 Å². The van der Waals surface area contributed by atoms with Crippen LogP contribution in [0.15, 0.2) is 23.8 Å². The van der Waals surface area contributed by atoms with Crippen LogP contribution in [-0.4, -0.2) is 48.6 Å². The summed E-state index contributed by atoms with van der Waals surface area (Å²) in [5.74, 6) is -0.637. The van der Waals surface area contributed by atoms with Crippen molar-refractivity contribution in [2.24, 2.45) is 40.2 Å². The van der Waals surface area contributed by atoms with E-state index in [4.69, 9.17) is 10.5 Å². The van der Waals surface area contributed by atoms with Crippen LogP contribution in [0.2, 0.25) is 0 Å². The highest BCUT2D eigenvalue weighted by molar-refractivity contribution is 6.01. The Morgan fingerprint density at radius 2 is 2.03 bits per heavy atom. The molecule has 0 bridgehead atoms. The number of carbonyl (C=O) groups is 3. The first-order valence-electron chi connectivity index (χ1n) is 11.6. The van der Waals surface area contributed by atoms with Gasteiger partial charge in [-0.25, -0.2) is 4.39 Å². The number of allylic oxidation sites excluding steroid dienone is 4. The number of hydrogen-bond acceptors (Lipinski definition) is 6. The maximum atomic E-state index is 13.8. The van der Waals surface area contributed by atoms with Crippen molar-refractivity contribution in [2.75, 3.05) is 19.8 Å². The van der Waals surface area contributed by atoms with Gasteiger partial charge < -0.3 is 15.6 Å². The molecule has 3 N–H and O–H groups in total. The van der Waals surface area contributed by atoms with Gasteiger partial charge in [-0.2, -0.15) is 0 Å². The molecular formula is C25H36FNO5. The summed E-state index contributed by atoms with van der Waals surface area (Å²) in [7, 11) is 0. The van der Waals surface area contributed by atoms with E-state index in [1.807, 2.05) is 6.92 Å². The monoisotopic (exact) mass is 449 g/mol. The van der Waals surface area contributed by atoms with Crippen LogP contribution in [0.1, 0.15) is 52.9 Å². The topological polar surface area (TPSA) is 107 Å². The highest BCUT2D eigenvalue weighted by Crippen LogP contribution is 2.61. The van der Waals surface area contributed by atoms with E-state index in [1.165, 1.54) is 6.08 Å².